The Kier molecular flexibility index (Phi) is 4.19. The molecule has 0 spiro atoms. The Morgan fingerprint density at radius 2 is 1.96 bits per heavy atom. The number of fused-ring (bicyclic) bond motifs is 1. The third-order valence-electron chi connectivity index (χ3n) is 4.08. The Morgan fingerprint density at radius 3 is 2.73 bits per heavy atom. The van der Waals surface area contributed by atoms with Gasteiger partial charge in [0.15, 0.2) is 11.5 Å². The first-order valence-corrected chi connectivity index (χ1v) is 8.34. The van der Waals surface area contributed by atoms with Crippen LogP contribution in [0.3, 0.4) is 0 Å². The van der Waals surface area contributed by atoms with E-state index in [2.05, 4.69) is 15.3 Å². The summed E-state index contributed by atoms with van der Waals surface area (Å²) in [5, 5.41) is 2.86. The molecule has 5 heteroatoms. The molecule has 0 saturated heterocycles. The molecule has 4 aromatic rings. The summed E-state index contributed by atoms with van der Waals surface area (Å²) in [5.41, 5.74) is 5.15. The van der Waals surface area contributed by atoms with Crippen molar-refractivity contribution in [2.24, 2.45) is 0 Å². The van der Waals surface area contributed by atoms with E-state index in [9.17, 15) is 4.79 Å². The normalized spacial score (nSPS) is 10.8. The van der Waals surface area contributed by atoms with Crippen molar-refractivity contribution in [1.29, 1.82) is 0 Å². The molecule has 0 unspecified atom stereocenters. The zero-order valence-electron chi connectivity index (χ0n) is 14.3. The van der Waals surface area contributed by atoms with Gasteiger partial charge < -0.3 is 9.73 Å². The average molecular weight is 343 g/mol. The van der Waals surface area contributed by atoms with E-state index in [0.29, 0.717) is 17.9 Å². The maximum Gasteiger partial charge on any atom is 0.257 e. The number of amides is 1. The molecule has 0 aliphatic rings. The lowest BCUT2D eigenvalue weighted by Crippen LogP contribution is -2.11. The quantitative estimate of drug-likeness (QED) is 0.597. The zero-order valence-corrected chi connectivity index (χ0v) is 14.3. The topological polar surface area (TPSA) is 68.0 Å². The van der Waals surface area contributed by atoms with Crippen LogP contribution in [0.4, 0.5) is 5.69 Å². The second-order valence-corrected chi connectivity index (χ2v) is 6.15. The summed E-state index contributed by atoms with van der Waals surface area (Å²) in [6, 6.07) is 17.1. The van der Waals surface area contributed by atoms with Crippen LogP contribution in [0.25, 0.3) is 11.1 Å². The van der Waals surface area contributed by atoms with Gasteiger partial charge in [0.1, 0.15) is 5.52 Å². The van der Waals surface area contributed by atoms with Gasteiger partial charge in [0.25, 0.3) is 5.91 Å². The summed E-state index contributed by atoms with van der Waals surface area (Å²) < 4.78 is 5.79. The summed E-state index contributed by atoms with van der Waals surface area (Å²) in [7, 11) is 0. The second-order valence-electron chi connectivity index (χ2n) is 6.15. The van der Waals surface area contributed by atoms with E-state index in [1.807, 2.05) is 49.4 Å². The monoisotopic (exact) mass is 343 g/mol. The van der Waals surface area contributed by atoms with E-state index < -0.39 is 0 Å². The van der Waals surface area contributed by atoms with Crippen LogP contribution < -0.4 is 5.32 Å². The standard InChI is InChI=1S/C21H17N3O2/c1-14-4-9-19-18(11-14)24-20(26-19)12-15-5-7-17(8-6-15)23-21(25)16-3-2-10-22-13-16/h2-11,13H,12H2,1H3,(H,23,25). The van der Waals surface area contributed by atoms with Crippen LogP contribution in [0.5, 0.6) is 0 Å². The SMILES string of the molecule is Cc1ccc2oc(Cc3ccc(NC(=O)c4cccnc4)cc3)nc2c1. The Morgan fingerprint density at radius 1 is 1.12 bits per heavy atom. The van der Waals surface area contributed by atoms with Crippen molar-refractivity contribution < 1.29 is 9.21 Å². The molecule has 0 aliphatic carbocycles. The number of benzene rings is 2. The van der Waals surface area contributed by atoms with Gasteiger partial charge in [-0.2, -0.15) is 0 Å². The van der Waals surface area contributed by atoms with Crippen molar-refractivity contribution in [2.45, 2.75) is 13.3 Å². The largest absolute Gasteiger partial charge is 0.440 e. The summed E-state index contributed by atoms with van der Waals surface area (Å²) in [6.45, 7) is 2.03. The Labute approximate surface area is 150 Å². The van der Waals surface area contributed by atoms with Gasteiger partial charge in [-0.15, -0.1) is 0 Å². The molecule has 0 saturated carbocycles. The van der Waals surface area contributed by atoms with Crippen LogP contribution >= 0.6 is 0 Å². The number of rotatable bonds is 4. The highest BCUT2D eigenvalue weighted by atomic mass is 16.3. The zero-order chi connectivity index (χ0) is 17.9. The minimum atomic E-state index is -0.180. The van der Waals surface area contributed by atoms with Crippen molar-refractivity contribution in [3.05, 3.63) is 89.6 Å². The van der Waals surface area contributed by atoms with Crippen molar-refractivity contribution in [2.75, 3.05) is 5.32 Å². The molecule has 0 bridgehead atoms. The smallest absolute Gasteiger partial charge is 0.257 e. The van der Waals surface area contributed by atoms with Crippen molar-refractivity contribution >= 4 is 22.7 Å². The van der Waals surface area contributed by atoms with Gasteiger partial charge in [-0.25, -0.2) is 4.98 Å². The summed E-state index contributed by atoms with van der Waals surface area (Å²) in [6.07, 6.45) is 3.78. The lowest BCUT2D eigenvalue weighted by Gasteiger charge is -2.05. The lowest BCUT2D eigenvalue weighted by atomic mass is 10.1. The fourth-order valence-corrected chi connectivity index (χ4v) is 2.74. The van der Waals surface area contributed by atoms with Gasteiger partial charge >= 0.3 is 0 Å². The number of hydrogen-bond donors (Lipinski definition) is 1. The third-order valence-corrected chi connectivity index (χ3v) is 4.08. The summed E-state index contributed by atoms with van der Waals surface area (Å²) >= 11 is 0. The maximum absolute atomic E-state index is 12.1. The highest BCUT2D eigenvalue weighted by Crippen LogP contribution is 2.20. The highest BCUT2D eigenvalue weighted by Gasteiger charge is 2.08. The molecule has 5 nitrogen and oxygen atoms in total. The fourth-order valence-electron chi connectivity index (χ4n) is 2.74. The molecule has 0 atom stereocenters. The van der Waals surface area contributed by atoms with Crippen LogP contribution in [0.2, 0.25) is 0 Å². The average Bonchev–Trinajstić information content (AvgIpc) is 3.05. The number of aromatic nitrogens is 2. The molecule has 4 rings (SSSR count). The number of carbonyl (C=O) groups excluding carboxylic acids is 1. The number of nitrogens with one attached hydrogen (secondary N) is 1. The fraction of sp³-hybridized carbons (Fsp3) is 0.0952. The van der Waals surface area contributed by atoms with E-state index in [1.165, 1.54) is 0 Å². The van der Waals surface area contributed by atoms with E-state index in [0.717, 1.165) is 27.9 Å². The summed E-state index contributed by atoms with van der Waals surface area (Å²) in [4.78, 5) is 20.6. The minimum absolute atomic E-state index is 0.180. The van der Waals surface area contributed by atoms with Gasteiger partial charge in [-0.3, -0.25) is 9.78 Å². The molecular weight excluding hydrogens is 326 g/mol. The Bertz CT molecular complexity index is 1050. The summed E-state index contributed by atoms with van der Waals surface area (Å²) in [5.74, 6) is 0.498. The van der Waals surface area contributed by atoms with Crippen molar-refractivity contribution in [3.8, 4) is 0 Å². The molecule has 1 amide bonds. The number of nitrogens with zero attached hydrogens (tertiary/aromatic N) is 2. The van der Waals surface area contributed by atoms with Crippen LogP contribution in [0.1, 0.15) is 27.4 Å². The van der Waals surface area contributed by atoms with Crippen LogP contribution in [0.15, 0.2) is 71.4 Å². The highest BCUT2D eigenvalue weighted by molar-refractivity contribution is 6.04. The maximum atomic E-state index is 12.1. The van der Waals surface area contributed by atoms with E-state index >= 15 is 0 Å². The van der Waals surface area contributed by atoms with Gasteiger partial charge in [0.05, 0.1) is 5.56 Å². The molecule has 0 radical (unpaired) electrons. The minimum Gasteiger partial charge on any atom is -0.440 e. The van der Waals surface area contributed by atoms with Crippen molar-refractivity contribution in [1.82, 2.24) is 9.97 Å². The van der Waals surface area contributed by atoms with Crippen LogP contribution in [-0.4, -0.2) is 15.9 Å². The Balaban J connectivity index is 1.46. The van der Waals surface area contributed by atoms with Gasteiger partial charge in [-0.05, 0) is 54.4 Å². The lowest BCUT2D eigenvalue weighted by molar-refractivity contribution is 0.102. The van der Waals surface area contributed by atoms with E-state index in [-0.39, 0.29) is 5.91 Å². The molecule has 2 aromatic heterocycles. The van der Waals surface area contributed by atoms with Crippen molar-refractivity contribution in [3.63, 3.8) is 0 Å². The number of anilines is 1. The Hall–Kier alpha value is -3.47. The van der Waals surface area contributed by atoms with Gasteiger partial charge in [-0.1, -0.05) is 18.2 Å². The third kappa shape index (κ3) is 3.47. The molecule has 0 aliphatic heterocycles. The van der Waals surface area contributed by atoms with E-state index in [1.54, 1.807) is 24.5 Å². The number of oxazole rings is 1. The number of hydrogen-bond acceptors (Lipinski definition) is 4. The molecule has 2 aromatic carbocycles. The van der Waals surface area contributed by atoms with Crippen LogP contribution in [0, 0.1) is 6.92 Å². The predicted octanol–water partition coefficient (Wildman–Crippen LogP) is 4.37. The van der Waals surface area contributed by atoms with Crippen LogP contribution in [-0.2, 0) is 6.42 Å². The molecular formula is C21H17N3O2. The van der Waals surface area contributed by atoms with Gasteiger partial charge in [0, 0.05) is 24.5 Å². The first-order valence-electron chi connectivity index (χ1n) is 8.34. The first kappa shape index (κ1) is 16.0. The molecule has 1 N–H and O–H groups in total. The molecule has 0 fully saturated rings. The molecule has 26 heavy (non-hydrogen) atoms. The van der Waals surface area contributed by atoms with E-state index in [4.69, 9.17) is 4.42 Å². The predicted molar refractivity (Wildman–Crippen MR) is 100 cm³/mol. The number of carbonyl (C=O) groups is 1. The number of pyridine rings is 1. The number of aryl methyl sites for hydroxylation is 1. The molecule has 2 heterocycles. The molecule has 128 valence electrons. The second kappa shape index (κ2) is 6.80. The van der Waals surface area contributed by atoms with Gasteiger partial charge in [0.2, 0.25) is 0 Å². The first-order chi connectivity index (χ1) is 12.7.